The van der Waals surface area contributed by atoms with Crippen molar-refractivity contribution in [3.63, 3.8) is 0 Å². The van der Waals surface area contributed by atoms with Crippen molar-refractivity contribution >= 4 is 269 Å². The molecule has 0 spiro atoms. The fraction of sp³-hybridized carbons (Fsp3) is 0. The van der Waals surface area contributed by atoms with Gasteiger partial charge in [-0.3, -0.25) is 0 Å². The summed E-state index contributed by atoms with van der Waals surface area (Å²) in [6.45, 7) is 0. The van der Waals surface area contributed by atoms with Gasteiger partial charge in [-0.2, -0.15) is 0 Å². The quantitative estimate of drug-likeness (QED) is 0.154. The standard InChI is InChI=1S/C47H27NS.C35H21NO.C29H17NO.C29H17NS/c1-3-15-34-30(11-1)32-13-5-7-17-36(32)41-25-28(21-23-38(34)41)44-27-43-40-19-9-10-20-45(40)49-47(43)46(48-44)29-22-24-39-35-16-4-2-12-31(35)33-14-6-8-18-37(33)42(39)26-29;1-2-11-28-26(9-1)27-10-3-4-12-29(27)32-20-24(14-16-30(28)32)22-7-5-8-23(19-22)25-15-17-34-33(21-25)31-13-6-18-36-35(31)37-34;1-2-8-22-20(6-1)21-7-3-4-9-23(21)26-16-18(11-13-24(22)26)19-12-14-28-27(17-19)25-10-5-15-30-29(25)31-28;1-2-9-22-20(7-1)21-8-3-4-10-23(21)26-15-18(13-14-24(22)26)19-16-27-25-11-5-6-12-28(25)31-29(27)30-17-19/h1-27H;1-21H;2*1-17H. The smallest absolute Gasteiger partial charge is 0.227 e. The van der Waals surface area contributed by atoms with Crippen LogP contribution in [-0.4, -0.2) is 19.9 Å². The summed E-state index contributed by atoms with van der Waals surface area (Å²) in [4.78, 5) is 20.2. The van der Waals surface area contributed by atoms with Crippen molar-refractivity contribution < 1.29 is 8.83 Å². The number of rotatable bonds is 6. The van der Waals surface area contributed by atoms with Crippen molar-refractivity contribution in [2.24, 2.45) is 0 Å². The van der Waals surface area contributed by atoms with E-state index in [1.54, 1.807) is 23.7 Å². The second-order valence-electron chi connectivity index (χ2n) is 38.7. The molecular weight excluding hydrogens is 1830 g/mol. The Morgan fingerprint density at radius 1 is 0.155 bits per heavy atom. The number of hydrogen-bond acceptors (Lipinski definition) is 8. The molecule has 25 aromatic carbocycles. The zero-order valence-corrected chi connectivity index (χ0v) is 81.4. The summed E-state index contributed by atoms with van der Waals surface area (Å²) in [5.74, 6) is 0. The normalized spacial score (nSPS) is 11.9. The summed E-state index contributed by atoms with van der Waals surface area (Å²) >= 11 is 3.60. The Morgan fingerprint density at radius 2 is 0.412 bits per heavy atom. The Bertz CT molecular complexity index is 11000. The van der Waals surface area contributed by atoms with E-state index in [-0.39, 0.29) is 0 Å². The van der Waals surface area contributed by atoms with Crippen LogP contribution < -0.4 is 0 Å². The van der Waals surface area contributed by atoms with Crippen molar-refractivity contribution in [2.45, 2.75) is 0 Å². The predicted molar refractivity (Wildman–Crippen MR) is 632 cm³/mol. The first kappa shape index (κ1) is 84.7. The van der Waals surface area contributed by atoms with Crippen LogP contribution in [0.3, 0.4) is 0 Å². The molecule has 0 amide bonds. The Morgan fingerprint density at radius 3 is 0.777 bits per heavy atom. The summed E-state index contributed by atoms with van der Waals surface area (Å²) in [6.07, 6.45) is 5.55. The SMILES string of the molecule is c1cc(-c2ccc3oc4ncccc4c3c2)cc(-c2ccc3c4ccccc4c4ccccc4c3c2)c1.c1ccc2c(c1)sc1c(-c3ccc4c5ccccc5c5ccccc5c4c3)nc(-c3ccc4c5ccccc5c5ccccc5c4c3)cc12.c1ccc2c(c1)sc1ncc(-c3ccc4c5ccccc5c5ccccc5c4c3)cc12.c1cnc2oc3ccc(-c4ccc5c6ccccc6c6ccccc6c5c4)cc3c2c1. The van der Waals surface area contributed by atoms with Crippen LogP contribution in [0.2, 0.25) is 0 Å². The van der Waals surface area contributed by atoms with Gasteiger partial charge >= 0.3 is 0 Å². The van der Waals surface area contributed by atoms with Gasteiger partial charge in [0.05, 0.1) is 16.1 Å². The van der Waals surface area contributed by atoms with Crippen LogP contribution in [0.25, 0.3) is 313 Å². The van der Waals surface area contributed by atoms with Gasteiger partial charge in [-0.15, -0.1) is 22.7 Å². The van der Waals surface area contributed by atoms with Gasteiger partial charge in [0.2, 0.25) is 11.4 Å². The first-order valence-electron chi connectivity index (χ1n) is 50.3. The zero-order chi connectivity index (χ0) is 97.1. The molecule has 33 aromatic rings. The average Bonchev–Trinajstić information content (AvgIpc) is 0.984. The summed E-state index contributed by atoms with van der Waals surface area (Å²) < 4.78 is 15.6. The van der Waals surface area contributed by atoms with Crippen LogP contribution >= 0.6 is 22.7 Å². The molecular formula is C140H82N4O2S2. The minimum absolute atomic E-state index is 0.680. The van der Waals surface area contributed by atoms with E-state index >= 15 is 0 Å². The van der Waals surface area contributed by atoms with Gasteiger partial charge in [0.15, 0.2) is 0 Å². The molecule has 0 fully saturated rings. The topological polar surface area (TPSA) is 77.8 Å². The van der Waals surface area contributed by atoms with Gasteiger partial charge < -0.3 is 8.83 Å². The Labute approximate surface area is 855 Å². The monoisotopic (exact) mass is 1910 g/mol. The first-order valence-corrected chi connectivity index (χ1v) is 51.9. The first-order chi connectivity index (χ1) is 73.4. The third-order valence-electron chi connectivity index (χ3n) is 30.6. The van der Waals surface area contributed by atoms with Crippen molar-refractivity contribution in [3.05, 3.63) is 498 Å². The number of pyridine rings is 4. The molecule has 686 valence electrons. The van der Waals surface area contributed by atoms with Crippen molar-refractivity contribution in [2.75, 3.05) is 0 Å². The third-order valence-corrected chi connectivity index (χ3v) is 32.9. The Hall–Kier alpha value is -19.0. The molecule has 0 radical (unpaired) electrons. The second-order valence-corrected chi connectivity index (χ2v) is 40.8. The number of benzene rings is 25. The van der Waals surface area contributed by atoms with Crippen molar-refractivity contribution in [1.82, 2.24) is 19.9 Å². The lowest BCUT2D eigenvalue weighted by Gasteiger charge is -2.14. The van der Waals surface area contributed by atoms with Crippen LogP contribution in [0.4, 0.5) is 0 Å². The molecule has 0 atom stereocenters. The molecule has 8 heterocycles. The lowest BCUT2D eigenvalue weighted by molar-refractivity contribution is 0.653. The summed E-state index contributed by atoms with van der Waals surface area (Å²) in [5.41, 5.74) is 16.9. The fourth-order valence-corrected chi connectivity index (χ4v) is 25.9. The largest absolute Gasteiger partial charge is 0.438 e. The summed E-state index contributed by atoms with van der Waals surface area (Å²) in [6, 6.07) is 173. The molecule has 6 nitrogen and oxygen atoms in total. The average molecular weight is 1920 g/mol. The Balaban J connectivity index is 0.0000000928. The van der Waals surface area contributed by atoms with Crippen molar-refractivity contribution in [1.29, 1.82) is 0 Å². The second kappa shape index (κ2) is 34.4. The number of furan rings is 2. The molecule has 0 unspecified atom stereocenters. The zero-order valence-electron chi connectivity index (χ0n) is 79.8. The molecule has 0 aliphatic rings. The molecule has 8 heteroatoms. The molecule has 8 aromatic heterocycles. The van der Waals surface area contributed by atoms with Crippen LogP contribution in [-0.2, 0) is 0 Å². The molecule has 0 aliphatic carbocycles. The van der Waals surface area contributed by atoms with Crippen LogP contribution in [0, 0.1) is 0 Å². The van der Waals surface area contributed by atoms with Gasteiger partial charge in [-0.1, -0.05) is 370 Å². The van der Waals surface area contributed by atoms with E-state index in [1.807, 2.05) is 35.7 Å². The van der Waals surface area contributed by atoms with Crippen LogP contribution in [0.1, 0.15) is 0 Å². The fourth-order valence-electron chi connectivity index (χ4n) is 23.7. The number of hydrogen-bond donors (Lipinski definition) is 0. The Kier molecular flexibility index (Phi) is 19.7. The van der Waals surface area contributed by atoms with E-state index in [0.29, 0.717) is 11.4 Å². The highest BCUT2D eigenvalue weighted by molar-refractivity contribution is 7.26. The highest BCUT2D eigenvalue weighted by Gasteiger charge is 2.23. The number of aromatic nitrogens is 4. The van der Waals surface area contributed by atoms with E-state index in [9.17, 15) is 0 Å². The number of fused-ring (bicyclic) bond motifs is 42. The minimum atomic E-state index is 0.680. The van der Waals surface area contributed by atoms with Gasteiger partial charge in [0.25, 0.3) is 0 Å². The maximum absolute atomic E-state index is 5.93. The highest BCUT2D eigenvalue weighted by Crippen LogP contribution is 2.49. The molecule has 0 N–H and O–H groups in total. The van der Waals surface area contributed by atoms with Gasteiger partial charge in [0.1, 0.15) is 16.0 Å². The lowest BCUT2D eigenvalue weighted by Crippen LogP contribution is -1.91. The van der Waals surface area contributed by atoms with Crippen LogP contribution in [0.5, 0.6) is 0 Å². The van der Waals surface area contributed by atoms with Gasteiger partial charge in [-0.25, -0.2) is 19.9 Å². The van der Waals surface area contributed by atoms with E-state index in [1.165, 1.54) is 231 Å². The van der Waals surface area contributed by atoms with E-state index in [0.717, 1.165) is 71.2 Å². The molecule has 0 bridgehead atoms. The van der Waals surface area contributed by atoms with E-state index in [2.05, 4.69) is 471 Å². The highest BCUT2D eigenvalue weighted by atomic mass is 32.1. The molecule has 0 saturated carbocycles. The maximum Gasteiger partial charge on any atom is 0.227 e. The van der Waals surface area contributed by atoms with Crippen molar-refractivity contribution in [3.8, 4) is 67.0 Å². The third kappa shape index (κ3) is 13.9. The molecule has 33 rings (SSSR count). The lowest BCUT2D eigenvalue weighted by atomic mass is 9.91. The number of thiophene rings is 2. The summed E-state index contributed by atoms with van der Waals surface area (Å²) in [7, 11) is 0. The van der Waals surface area contributed by atoms with Gasteiger partial charge in [0, 0.05) is 87.8 Å². The van der Waals surface area contributed by atoms with E-state index in [4.69, 9.17) is 18.8 Å². The van der Waals surface area contributed by atoms with Gasteiger partial charge in [-0.05, 0) is 310 Å². The number of nitrogens with zero attached hydrogens (tertiary/aromatic N) is 4. The van der Waals surface area contributed by atoms with E-state index < -0.39 is 0 Å². The predicted octanol–water partition coefficient (Wildman–Crippen LogP) is 40.2. The molecule has 0 saturated heterocycles. The molecule has 148 heavy (non-hydrogen) atoms. The minimum Gasteiger partial charge on any atom is -0.438 e. The van der Waals surface area contributed by atoms with Crippen LogP contribution in [0.15, 0.2) is 507 Å². The summed E-state index contributed by atoms with van der Waals surface area (Å²) in [5, 5.41) is 48.0. The maximum atomic E-state index is 5.93. The molecule has 0 aliphatic heterocycles.